The molecular weight excluding hydrogens is 308 g/mol. The third-order valence-electron chi connectivity index (χ3n) is 4.75. The summed E-state index contributed by atoms with van der Waals surface area (Å²) in [4.78, 5) is 27.9. The Balaban J connectivity index is 1.71. The SMILES string of the molecule is Cc1nc2cc(NC(=O)CC3(CC(=O)O)CCCCC3)ccc2o1. The average molecular weight is 330 g/mol. The van der Waals surface area contributed by atoms with Gasteiger partial charge in [-0.25, -0.2) is 4.98 Å². The van der Waals surface area contributed by atoms with Crippen LogP contribution in [0.3, 0.4) is 0 Å². The van der Waals surface area contributed by atoms with Gasteiger partial charge in [0.05, 0.1) is 6.42 Å². The number of carbonyl (C=O) groups excluding carboxylic acids is 1. The van der Waals surface area contributed by atoms with Gasteiger partial charge in [-0.3, -0.25) is 9.59 Å². The van der Waals surface area contributed by atoms with E-state index in [4.69, 9.17) is 4.42 Å². The molecule has 1 fully saturated rings. The smallest absolute Gasteiger partial charge is 0.303 e. The van der Waals surface area contributed by atoms with Gasteiger partial charge in [0.25, 0.3) is 0 Å². The molecule has 1 heterocycles. The van der Waals surface area contributed by atoms with Crippen LogP contribution in [-0.4, -0.2) is 22.0 Å². The maximum Gasteiger partial charge on any atom is 0.303 e. The highest BCUT2D eigenvalue weighted by atomic mass is 16.4. The maximum absolute atomic E-state index is 12.5. The third-order valence-corrected chi connectivity index (χ3v) is 4.75. The zero-order chi connectivity index (χ0) is 17.2. The predicted molar refractivity (Wildman–Crippen MR) is 89.8 cm³/mol. The van der Waals surface area contributed by atoms with Crippen LogP contribution in [0.25, 0.3) is 11.1 Å². The van der Waals surface area contributed by atoms with Crippen molar-refractivity contribution < 1.29 is 19.1 Å². The molecule has 0 radical (unpaired) electrons. The highest BCUT2D eigenvalue weighted by molar-refractivity contribution is 5.93. The van der Waals surface area contributed by atoms with Gasteiger partial charge in [-0.2, -0.15) is 0 Å². The number of aliphatic carboxylic acids is 1. The lowest BCUT2D eigenvalue weighted by Gasteiger charge is -2.35. The first-order chi connectivity index (χ1) is 11.5. The number of carbonyl (C=O) groups is 2. The number of carboxylic acid groups (broad SMARTS) is 1. The number of nitrogens with zero attached hydrogens (tertiary/aromatic N) is 1. The molecular formula is C18H22N2O4. The Bertz CT molecular complexity index is 759. The minimum Gasteiger partial charge on any atom is -0.481 e. The molecule has 0 spiro atoms. The van der Waals surface area contributed by atoms with Gasteiger partial charge >= 0.3 is 5.97 Å². The van der Waals surface area contributed by atoms with Crippen molar-refractivity contribution in [2.24, 2.45) is 5.41 Å². The molecule has 6 heteroatoms. The Kier molecular flexibility index (Phi) is 4.55. The van der Waals surface area contributed by atoms with Gasteiger partial charge in [-0.1, -0.05) is 19.3 Å². The Morgan fingerprint density at radius 2 is 2.00 bits per heavy atom. The predicted octanol–water partition coefficient (Wildman–Crippen LogP) is 3.89. The van der Waals surface area contributed by atoms with Gasteiger partial charge in [0, 0.05) is 19.0 Å². The number of nitrogens with one attached hydrogen (secondary N) is 1. The Morgan fingerprint density at radius 1 is 1.25 bits per heavy atom. The number of hydrogen-bond acceptors (Lipinski definition) is 4. The summed E-state index contributed by atoms with van der Waals surface area (Å²) in [6.07, 6.45) is 5.00. The summed E-state index contributed by atoms with van der Waals surface area (Å²) in [6.45, 7) is 1.77. The number of amides is 1. The molecule has 6 nitrogen and oxygen atoms in total. The largest absolute Gasteiger partial charge is 0.481 e. The standard InChI is InChI=1S/C18H22N2O4/c1-12-19-14-9-13(5-6-15(14)24-12)20-16(21)10-18(11-17(22)23)7-3-2-4-8-18/h5-6,9H,2-4,7-8,10-11H2,1H3,(H,20,21)(H,22,23). The van der Waals surface area contributed by atoms with E-state index in [2.05, 4.69) is 10.3 Å². The van der Waals surface area contributed by atoms with Crippen LogP contribution in [0.4, 0.5) is 5.69 Å². The van der Waals surface area contributed by atoms with E-state index in [-0.39, 0.29) is 18.7 Å². The number of aromatic nitrogens is 1. The molecule has 2 N–H and O–H groups in total. The number of oxazole rings is 1. The van der Waals surface area contributed by atoms with E-state index in [0.29, 0.717) is 22.7 Å². The monoisotopic (exact) mass is 330 g/mol. The van der Waals surface area contributed by atoms with E-state index in [0.717, 1.165) is 32.1 Å². The van der Waals surface area contributed by atoms with Crippen LogP contribution in [0.2, 0.25) is 0 Å². The molecule has 3 rings (SSSR count). The van der Waals surface area contributed by atoms with Crippen molar-refractivity contribution in [1.82, 2.24) is 4.98 Å². The fourth-order valence-electron chi connectivity index (χ4n) is 3.70. The summed E-state index contributed by atoms with van der Waals surface area (Å²) < 4.78 is 5.42. The first-order valence-corrected chi connectivity index (χ1v) is 8.35. The molecule has 2 aromatic rings. The van der Waals surface area contributed by atoms with E-state index >= 15 is 0 Å². The Labute approximate surface area is 140 Å². The number of aryl methyl sites for hydroxylation is 1. The van der Waals surface area contributed by atoms with Gasteiger partial charge in [-0.05, 0) is 36.5 Å². The van der Waals surface area contributed by atoms with Crippen molar-refractivity contribution in [3.63, 3.8) is 0 Å². The minimum atomic E-state index is -0.829. The number of anilines is 1. The van der Waals surface area contributed by atoms with Crippen molar-refractivity contribution in [3.05, 3.63) is 24.1 Å². The summed E-state index contributed by atoms with van der Waals surface area (Å²) in [6, 6.07) is 5.32. The number of carboxylic acids is 1. The molecule has 1 amide bonds. The lowest BCUT2D eigenvalue weighted by atomic mass is 9.69. The van der Waals surface area contributed by atoms with Crippen LogP contribution < -0.4 is 5.32 Å². The number of fused-ring (bicyclic) bond motifs is 1. The summed E-state index contributed by atoms with van der Waals surface area (Å²) in [5.74, 6) is -0.391. The second-order valence-corrected chi connectivity index (χ2v) is 6.77. The normalized spacial score (nSPS) is 16.9. The second-order valence-electron chi connectivity index (χ2n) is 6.77. The summed E-state index contributed by atoms with van der Waals surface area (Å²) >= 11 is 0. The second kappa shape index (κ2) is 6.63. The van der Waals surface area contributed by atoms with Crippen molar-refractivity contribution in [3.8, 4) is 0 Å². The van der Waals surface area contributed by atoms with Gasteiger partial charge < -0.3 is 14.8 Å². The first kappa shape index (κ1) is 16.5. The quantitative estimate of drug-likeness (QED) is 0.867. The lowest BCUT2D eigenvalue weighted by Crippen LogP contribution is -2.32. The summed E-state index contributed by atoms with van der Waals surface area (Å²) in [5, 5.41) is 12.1. The van der Waals surface area contributed by atoms with Crippen LogP contribution in [0.1, 0.15) is 50.8 Å². The molecule has 0 atom stereocenters. The van der Waals surface area contributed by atoms with Crippen LogP contribution in [-0.2, 0) is 9.59 Å². The molecule has 24 heavy (non-hydrogen) atoms. The molecule has 1 aromatic heterocycles. The van der Waals surface area contributed by atoms with E-state index < -0.39 is 11.4 Å². The highest BCUT2D eigenvalue weighted by Crippen LogP contribution is 2.42. The third kappa shape index (κ3) is 3.75. The zero-order valence-electron chi connectivity index (χ0n) is 13.8. The fourth-order valence-corrected chi connectivity index (χ4v) is 3.70. The van der Waals surface area contributed by atoms with Crippen molar-refractivity contribution in [2.45, 2.75) is 51.9 Å². The van der Waals surface area contributed by atoms with Crippen molar-refractivity contribution in [2.75, 3.05) is 5.32 Å². The summed E-state index contributed by atoms with van der Waals surface area (Å²) in [7, 11) is 0. The zero-order valence-corrected chi connectivity index (χ0v) is 13.8. The van der Waals surface area contributed by atoms with Crippen molar-refractivity contribution in [1.29, 1.82) is 0 Å². The number of benzene rings is 1. The van der Waals surface area contributed by atoms with Gasteiger partial charge in [-0.15, -0.1) is 0 Å². The lowest BCUT2D eigenvalue weighted by molar-refractivity contribution is -0.140. The molecule has 128 valence electrons. The molecule has 1 aliphatic rings. The number of hydrogen-bond donors (Lipinski definition) is 2. The first-order valence-electron chi connectivity index (χ1n) is 8.35. The minimum absolute atomic E-state index is 0.0575. The van der Waals surface area contributed by atoms with Gasteiger partial charge in [0.1, 0.15) is 5.52 Å². The molecule has 1 aliphatic carbocycles. The average Bonchev–Trinajstić information content (AvgIpc) is 2.86. The van der Waals surface area contributed by atoms with Gasteiger partial charge in [0.2, 0.25) is 5.91 Å². The molecule has 0 unspecified atom stereocenters. The van der Waals surface area contributed by atoms with Crippen LogP contribution in [0, 0.1) is 12.3 Å². The maximum atomic E-state index is 12.5. The topological polar surface area (TPSA) is 92.4 Å². The van der Waals surface area contributed by atoms with Crippen LogP contribution in [0.5, 0.6) is 0 Å². The molecule has 1 aromatic carbocycles. The molecule has 0 aliphatic heterocycles. The highest BCUT2D eigenvalue weighted by Gasteiger charge is 2.36. The molecule has 0 bridgehead atoms. The number of rotatable bonds is 5. The Morgan fingerprint density at radius 3 is 2.71 bits per heavy atom. The molecule has 0 saturated heterocycles. The van der Waals surface area contributed by atoms with Crippen molar-refractivity contribution >= 4 is 28.7 Å². The molecule has 1 saturated carbocycles. The van der Waals surface area contributed by atoms with Crippen LogP contribution >= 0.6 is 0 Å². The van der Waals surface area contributed by atoms with E-state index in [1.165, 1.54) is 0 Å². The van der Waals surface area contributed by atoms with E-state index in [1.807, 2.05) is 0 Å². The summed E-state index contributed by atoms with van der Waals surface area (Å²) in [5.41, 5.74) is 1.62. The van der Waals surface area contributed by atoms with E-state index in [1.54, 1.807) is 25.1 Å². The van der Waals surface area contributed by atoms with Gasteiger partial charge in [0.15, 0.2) is 11.5 Å². The van der Waals surface area contributed by atoms with E-state index in [9.17, 15) is 14.7 Å². The Hall–Kier alpha value is -2.37. The van der Waals surface area contributed by atoms with Crippen LogP contribution in [0.15, 0.2) is 22.6 Å². The fraction of sp³-hybridized carbons (Fsp3) is 0.500.